The summed E-state index contributed by atoms with van der Waals surface area (Å²) in [4.78, 5) is 0.207. The summed E-state index contributed by atoms with van der Waals surface area (Å²) in [6.45, 7) is 0.365. The molecule has 20 heavy (non-hydrogen) atoms. The number of anilines is 1. The molecule has 0 saturated heterocycles. The normalized spacial score (nSPS) is 10.8. The largest absolute Gasteiger partial charge is 0.374 e. The lowest BCUT2D eigenvalue weighted by molar-refractivity contribution is 0.595. The van der Waals surface area contributed by atoms with Crippen molar-refractivity contribution in [3.8, 4) is 12.3 Å². The summed E-state index contributed by atoms with van der Waals surface area (Å²) >= 11 is 0. The number of benzene rings is 2. The van der Waals surface area contributed by atoms with Crippen molar-refractivity contribution in [1.29, 1.82) is 0 Å². The third-order valence-corrected chi connectivity index (χ3v) is 4.47. The van der Waals surface area contributed by atoms with Gasteiger partial charge in [0.25, 0.3) is 0 Å². The molecule has 0 aliphatic heterocycles. The molecule has 2 rings (SSSR count). The van der Waals surface area contributed by atoms with Crippen LogP contribution < -0.4 is 5.32 Å². The standard InChI is InChI=1S/C15H12FNO2S/c1-2-11-17-13-5-9-15(10-6-13)20(18,19)14-7-3-12(16)4-8-14/h1,3-10,17H,11H2. The van der Waals surface area contributed by atoms with Crippen molar-refractivity contribution < 1.29 is 12.8 Å². The lowest BCUT2D eigenvalue weighted by Gasteiger charge is -2.06. The van der Waals surface area contributed by atoms with Crippen molar-refractivity contribution in [3.05, 3.63) is 54.3 Å². The fourth-order valence-corrected chi connectivity index (χ4v) is 2.92. The molecule has 102 valence electrons. The third-order valence-electron chi connectivity index (χ3n) is 2.68. The van der Waals surface area contributed by atoms with Gasteiger partial charge in [-0.2, -0.15) is 0 Å². The van der Waals surface area contributed by atoms with Crippen molar-refractivity contribution in [2.45, 2.75) is 9.79 Å². The van der Waals surface area contributed by atoms with Gasteiger partial charge >= 0.3 is 0 Å². The topological polar surface area (TPSA) is 46.2 Å². The van der Waals surface area contributed by atoms with E-state index < -0.39 is 15.7 Å². The predicted octanol–water partition coefficient (Wildman–Crippen LogP) is 2.70. The van der Waals surface area contributed by atoms with Crippen LogP contribution in [0.25, 0.3) is 0 Å². The monoisotopic (exact) mass is 289 g/mol. The fraction of sp³-hybridized carbons (Fsp3) is 0.0667. The van der Waals surface area contributed by atoms with Crippen LogP contribution in [0, 0.1) is 18.2 Å². The van der Waals surface area contributed by atoms with Crippen LogP contribution in [0.5, 0.6) is 0 Å². The molecule has 0 saturated carbocycles. The van der Waals surface area contributed by atoms with E-state index >= 15 is 0 Å². The van der Waals surface area contributed by atoms with Gasteiger partial charge in [-0.05, 0) is 48.5 Å². The molecule has 0 fully saturated rings. The van der Waals surface area contributed by atoms with Gasteiger partial charge in [0, 0.05) is 5.69 Å². The number of halogens is 1. The minimum Gasteiger partial charge on any atom is -0.374 e. The van der Waals surface area contributed by atoms with E-state index in [1.54, 1.807) is 12.1 Å². The number of hydrogen-bond donors (Lipinski definition) is 1. The van der Waals surface area contributed by atoms with Crippen molar-refractivity contribution in [1.82, 2.24) is 0 Å². The van der Waals surface area contributed by atoms with E-state index in [9.17, 15) is 12.8 Å². The third kappa shape index (κ3) is 2.98. The summed E-state index contributed by atoms with van der Waals surface area (Å²) in [6.07, 6.45) is 5.12. The highest BCUT2D eigenvalue weighted by Gasteiger charge is 2.17. The maximum absolute atomic E-state index is 12.8. The Hall–Kier alpha value is -2.32. The molecule has 0 aliphatic carbocycles. The first-order valence-corrected chi connectivity index (χ1v) is 7.30. The van der Waals surface area contributed by atoms with Crippen LogP contribution >= 0.6 is 0 Å². The highest BCUT2D eigenvalue weighted by molar-refractivity contribution is 7.91. The van der Waals surface area contributed by atoms with Gasteiger partial charge in [0.1, 0.15) is 5.82 Å². The van der Waals surface area contributed by atoms with E-state index in [1.165, 1.54) is 24.3 Å². The summed E-state index contributed by atoms with van der Waals surface area (Å²) in [6, 6.07) is 11.0. The van der Waals surface area contributed by atoms with Crippen LogP contribution in [0.4, 0.5) is 10.1 Å². The van der Waals surface area contributed by atoms with E-state index in [4.69, 9.17) is 6.42 Å². The van der Waals surface area contributed by atoms with Gasteiger partial charge in [-0.15, -0.1) is 6.42 Å². The van der Waals surface area contributed by atoms with Crippen LogP contribution in [-0.2, 0) is 9.84 Å². The maximum atomic E-state index is 12.8. The van der Waals surface area contributed by atoms with Crippen molar-refractivity contribution in [2.75, 3.05) is 11.9 Å². The Morgan fingerprint density at radius 1 is 1.00 bits per heavy atom. The molecule has 2 aromatic carbocycles. The first-order chi connectivity index (χ1) is 9.54. The van der Waals surface area contributed by atoms with E-state index in [2.05, 4.69) is 11.2 Å². The first kappa shape index (κ1) is 14.1. The molecule has 0 bridgehead atoms. The Bertz CT molecular complexity index is 729. The smallest absolute Gasteiger partial charge is 0.206 e. The molecule has 0 heterocycles. The molecule has 3 nitrogen and oxygen atoms in total. The second-order valence-corrected chi connectivity index (χ2v) is 5.99. The molecule has 2 aromatic rings. The highest BCUT2D eigenvalue weighted by atomic mass is 32.2. The molecule has 0 amide bonds. The van der Waals surface area contributed by atoms with Crippen molar-refractivity contribution in [3.63, 3.8) is 0 Å². The summed E-state index contributed by atoms with van der Waals surface area (Å²) in [5.41, 5.74) is 0.737. The van der Waals surface area contributed by atoms with Gasteiger partial charge in [0.2, 0.25) is 9.84 Å². The zero-order valence-electron chi connectivity index (χ0n) is 10.5. The Morgan fingerprint density at radius 2 is 1.50 bits per heavy atom. The summed E-state index contributed by atoms with van der Waals surface area (Å²) in [5, 5.41) is 2.94. The maximum Gasteiger partial charge on any atom is 0.206 e. The number of rotatable bonds is 4. The molecule has 0 atom stereocenters. The van der Waals surface area contributed by atoms with Gasteiger partial charge in [-0.1, -0.05) is 5.92 Å². The SMILES string of the molecule is C#CCNc1ccc(S(=O)(=O)c2ccc(F)cc2)cc1. The lowest BCUT2D eigenvalue weighted by atomic mass is 10.3. The van der Waals surface area contributed by atoms with Gasteiger partial charge < -0.3 is 5.32 Å². The molecular weight excluding hydrogens is 277 g/mol. The van der Waals surface area contributed by atoms with Gasteiger partial charge in [-0.3, -0.25) is 0 Å². The zero-order chi connectivity index (χ0) is 14.6. The summed E-state index contributed by atoms with van der Waals surface area (Å²) < 4.78 is 37.4. The van der Waals surface area contributed by atoms with Gasteiger partial charge in [0.05, 0.1) is 16.3 Å². The second kappa shape index (κ2) is 5.76. The van der Waals surface area contributed by atoms with E-state index in [0.717, 1.165) is 17.8 Å². The molecule has 0 unspecified atom stereocenters. The summed E-state index contributed by atoms with van der Waals surface area (Å²) in [5.74, 6) is 1.95. The van der Waals surface area contributed by atoms with E-state index in [1.807, 2.05) is 0 Å². The minimum absolute atomic E-state index is 0.0586. The average molecular weight is 289 g/mol. The molecule has 0 spiro atoms. The van der Waals surface area contributed by atoms with Crippen LogP contribution in [0.15, 0.2) is 58.3 Å². The van der Waals surface area contributed by atoms with E-state index in [-0.39, 0.29) is 9.79 Å². The molecular formula is C15H12FNO2S. The minimum atomic E-state index is -3.63. The lowest BCUT2D eigenvalue weighted by Crippen LogP contribution is -2.03. The van der Waals surface area contributed by atoms with Crippen LogP contribution in [-0.4, -0.2) is 15.0 Å². The number of terminal acetylenes is 1. The van der Waals surface area contributed by atoms with Crippen LogP contribution in [0.1, 0.15) is 0 Å². The van der Waals surface area contributed by atoms with Crippen molar-refractivity contribution in [2.24, 2.45) is 0 Å². The molecule has 5 heteroatoms. The summed E-state index contributed by atoms with van der Waals surface area (Å²) in [7, 11) is -3.63. The molecule has 0 radical (unpaired) electrons. The van der Waals surface area contributed by atoms with Gasteiger partial charge in [0.15, 0.2) is 0 Å². The number of sulfone groups is 1. The molecule has 1 N–H and O–H groups in total. The first-order valence-electron chi connectivity index (χ1n) is 5.82. The van der Waals surface area contributed by atoms with Crippen LogP contribution in [0.2, 0.25) is 0 Å². The Kier molecular flexibility index (Phi) is 4.06. The highest BCUT2D eigenvalue weighted by Crippen LogP contribution is 2.22. The fourth-order valence-electron chi connectivity index (χ4n) is 1.65. The molecule has 0 aromatic heterocycles. The Morgan fingerprint density at radius 3 is 2.00 bits per heavy atom. The zero-order valence-corrected chi connectivity index (χ0v) is 11.3. The average Bonchev–Trinajstić information content (AvgIpc) is 2.46. The van der Waals surface area contributed by atoms with Crippen LogP contribution in [0.3, 0.4) is 0 Å². The van der Waals surface area contributed by atoms with E-state index in [0.29, 0.717) is 6.54 Å². The Labute approximate surface area is 117 Å². The number of nitrogens with one attached hydrogen (secondary N) is 1. The van der Waals surface area contributed by atoms with Gasteiger partial charge in [-0.25, -0.2) is 12.8 Å². The quantitative estimate of drug-likeness (QED) is 0.695. The predicted molar refractivity (Wildman–Crippen MR) is 75.6 cm³/mol. The molecule has 0 aliphatic rings. The number of hydrogen-bond acceptors (Lipinski definition) is 3. The second-order valence-electron chi connectivity index (χ2n) is 4.04. The Balaban J connectivity index is 2.30. The van der Waals surface area contributed by atoms with Crippen molar-refractivity contribution >= 4 is 15.5 Å².